The summed E-state index contributed by atoms with van der Waals surface area (Å²) in [6.07, 6.45) is 0. The molecule has 0 spiro atoms. The van der Waals surface area contributed by atoms with Gasteiger partial charge in [0.2, 0.25) is 0 Å². The van der Waals surface area contributed by atoms with E-state index in [0.29, 0.717) is 29.4 Å². The van der Waals surface area contributed by atoms with Gasteiger partial charge >= 0.3 is 0 Å². The van der Waals surface area contributed by atoms with Crippen LogP contribution in [0.3, 0.4) is 0 Å². The van der Waals surface area contributed by atoms with Crippen molar-refractivity contribution < 1.29 is 24.2 Å². The number of carbonyl (C=O) groups is 2. The predicted octanol–water partition coefficient (Wildman–Crippen LogP) is 6.67. The molecule has 192 valence electrons. The fraction of sp³-hybridized carbons (Fsp3) is 0.267. The van der Waals surface area contributed by atoms with E-state index in [4.69, 9.17) is 21.1 Å². The van der Waals surface area contributed by atoms with Crippen molar-refractivity contribution in [2.75, 3.05) is 18.6 Å². The van der Waals surface area contributed by atoms with E-state index in [2.05, 4.69) is 20.8 Å². The number of aliphatic hydroxyl groups excluding tert-OH is 1. The Hall–Kier alpha value is -3.77. The topological polar surface area (TPSA) is 76.1 Å². The molecule has 37 heavy (non-hydrogen) atoms. The number of amides is 1. The Bertz CT molecular complexity index is 1370. The molecule has 7 heteroatoms. The zero-order chi connectivity index (χ0) is 26.9. The molecule has 1 fully saturated rings. The zero-order valence-electron chi connectivity index (χ0n) is 21.5. The van der Waals surface area contributed by atoms with Crippen LogP contribution in [0.4, 0.5) is 5.69 Å². The molecular formula is C30H30ClNO5. The maximum atomic E-state index is 13.5. The van der Waals surface area contributed by atoms with E-state index in [1.54, 1.807) is 42.5 Å². The van der Waals surface area contributed by atoms with Gasteiger partial charge in [0.1, 0.15) is 17.3 Å². The number of nitrogens with zero attached hydrogens (tertiary/aromatic N) is 1. The van der Waals surface area contributed by atoms with Crippen LogP contribution in [-0.4, -0.2) is 30.5 Å². The number of aliphatic hydroxyl groups is 1. The first-order chi connectivity index (χ1) is 17.6. The van der Waals surface area contributed by atoms with Gasteiger partial charge in [-0.15, -0.1) is 0 Å². The minimum Gasteiger partial charge on any atom is -0.507 e. The van der Waals surface area contributed by atoms with Gasteiger partial charge in [0.15, 0.2) is 0 Å². The molecule has 1 saturated heterocycles. The summed E-state index contributed by atoms with van der Waals surface area (Å²) in [5, 5.41) is 11.7. The Balaban J connectivity index is 1.96. The number of methoxy groups -OCH3 is 1. The number of rotatable bonds is 6. The van der Waals surface area contributed by atoms with Crippen LogP contribution < -0.4 is 14.4 Å². The van der Waals surface area contributed by atoms with Crippen LogP contribution in [0.25, 0.3) is 5.76 Å². The Labute approximate surface area is 222 Å². The average Bonchev–Trinajstić information content (AvgIpc) is 3.14. The molecule has 0 bridgehead atoms. The molecule has 1 amide bonds. The lowest BCUT2D eigenvalue weighted by molar-refractivity contribution is -0.132. The molecule has 1 N–H and O–H groups in total. The summed E-state index contributed by atoms with van der Waals surface area (Å²) in [6.45, 7) is 8.56. The number of ether oxygens (including phenoxy) is 2. The van der Waals surface area contributed by atoms with Crippen LogP contribution in [0.2, 0.25) is 5.02 Å². The predicted molar refractivity (Wildman–Crippen MR) is 146 cm³/mol. The molecule has 3 aromatic carbocycles. The number of para-hydroxylation sites is 1. The molecule has 3 aromatic rings. The summed E-state index contributed by atoms with van der Waals surface area (Å²) in [5.74, 6) is -0.987. The summed E-state index contributed by atoms with van der Waals surface area (Å²) in [6, 6.07) is 18.5. The first-order valence-corrected chi connectivity index (χ1v) is 12.4. The second-order valence-electron chi connectivity index (χ2n) is 9.78. The maximum absolute atomic E-state index is 13.5. The molecule has 1 unspecified atom stereocenters. The summed E-state index contributed by atoms with van der Waals surface area (Å²) >= 11 is 6.44. The van der Waals surface area contributed by atoms with Crippen LogP contribution in [0.15, 0.2) is 72.3 Å². The number of carbonyl (C=O) groups excluding carboxylic acids is 2. The largest absolute Gasteiger partial charge is 0.507 e. The van der Waals surface area contributed by atoms with Gasteiger partial charge in [0, 0.05) is 16.8 Å². The Morgan fingerprint density at radius 2 is 1.70 bits per heavy atom. The summed E-state index contributed by atoms with van der Waals surface area (Å²) in [5.41, 5.74) is 2.21. The van der Waals surface area contributed by atoms with Gasteiger partial charge in [-0.3, -0.25) is 14.5 Å². The van der Waals surface area contributed by atoms with Crippen LogP contribution in [0, 0.1) is 0 Å². The van der Waals surface area contributed by atoms with Gasteiger partial charge in [0.25, 0.3) is 11.7 Å². The molecule has 0 aliphatic carbocycles. The lowest BCUT2D eigenvalue weighted by atomic mass is 9.87. The van der Waals surface area contributed by atoms with Crippen molar-refractivity contribution in [1.29, 1.82) is 0 Å². The number of halogens is 1. The van der Waals surface area contributed by atoms with Gasteiger partial charge in [-0.05, 0) is 54.3 Å². The second kappa shape index (κ2) is 10.3. The lowest BCUT2D eigenvalue weighted by Gasteiger charge is -2.27. The number of hydrogen-bond acceptors (Lipinski definition) is 5. The van der Waals surface area contributed by atoms with Gasteiger partial charge in [0.05, 0.1) is 30.4 Å². The Morgan fingerprint density at radius 3 is 2.32 bits per heavy atom. The third-order valence-electron chi connectivity index (χ3n) is 6.39. The maximum Gasteiger partial charge on any atom is 0.300 e. The highest BCUT2D eigenvalue weighted by molar-refractivity contribution is 6.52. The monoisotopic (exact) mass is 519 g/mol. The van der Waals surface area contributed by atoms with Crippen molar-refractivity contribution >= 4 is 34.7 Å². The van der Waals surface area contributed by atoms with Crippen LogP contribution in [0.5, 0.6) is 11.5 Å². The molecule has 1 heterocycles. The smallest absolute Gasteiger partial charge is 0.300 e. The molecule has 1 aliphatic heterocycles. The second-order valence-corrected chi connectivity index (χ2v) is 10.2. The number of benzene rings is 3. The van der Waals surface area contributed by atoms with Crippen molar-refractivity contribution in [3.63, 3.8) is 0 Å². The van der Waals surface area contributed by atoms with Crippen LogP contribution >= 0.6 is 11.6 Å². The molecule has 1 atom stereocenters. The van der Waals surface area contributed by atoms with Crippen molar-refractivity contribution in [1.82, 2.24) is 0 Å². The van der Waals surface area contributed by atoms with Gasteiger partial charge in [-0.2, -0.15) is 0 Å². The summed E-state index contributed by atoms with van der Waals surface area (Å²) in [7, 11) is 1.52. The first-order valence-electron chi connectivity index (χ1n) is 12.1. The van der Waals surface area contributed by atoms with E-state index >= 15 is 0 Å². The number of anilines is 1. The van der Waals surface area contributed by atoms with E-state index in [9.17, 15) is 14.7 Å². The SMILES string of the molecule is CCOc1ccc(Cl)c(/C(O)=C2\C(=O)C(=O)N(c3ccc(C(C)(C)C)cc3)C2c2ccccc2OC)c1. The van der Waals surface area contributed by atoms with Crippen LogP contribution in [0.1, 0.15) is 50.4 Å². The highest BCUT2D eigenvalue weighted by atomic mass is 35.5. The summed E-state index contributed by atoms with van der Waals surface area (Å²) in [4.78, 5) is 28.4. The van der Waals surface area contributed by atoms with Gasteiger partial charge in [-0.1, -0.05) is 62.7 Å². The lowest BCUT2D eigenvalue weighted by Crippen LogP contribution is -2.29. The summed E-state index contributed by atoms with van der Waals surface area (Å²) < 4.78 is 11.1. The number of hydrogen-bond donors (Lipinski definition) is 1. The number of Topliss-reactive ketones (excluding diaryl/α,β-unsaturated/α-hetero) is 1. The van der Waals surface area contributed by atoms with Crippen molar-refractivity contribution in [3.8, 4) is 11.5 Å². The average molecular weight is 520 g/mol. The van der Waals surface area contributed by atoms with Crippen molar-refractivity contribution in [2.24, 2.45) is 0 Å². The number of ketones is 1. The van der Waals surface area contributed by atoms with E-state index in [-0.39, 0.29) is 27.3 Å². The Morgan fingerprint density at radius 1 is 1.03 bits per heavy atom. The quantitative estimate of drug-likeness (QED) is 0.223. The molecular weight excluding hydrogens is 490 g/mol. The fourth-order valence-corrected chi connectivity index (χ4v) is 4.70. The molecule has 0 aromatic heterocycles. The molecule has 6 nitrogen and oxygen atoms in total. The third-order valence-corrected chi connectivity index (χ3v) is 6.72. The van der Waals surface area contributed by atoms with Gasteiger partial charge in [-0.25, -0.2) is 0 Å². The molecule has 0 saturated carbocycles. The highest BCUT2D eigenvalue weighted by Crippen LogP contribution is 2.46. The standard InChI is InChI=1S/C30H30ClNO5/c1-6-37-20-15-16-23(31)22(17-20)27(33)25-26(21-9-7-8-10-24(21)36-5)32(29(35)28(25)34)19-13-11-18(12-14-19)30(2,3)4/h7-17,26,33H,6H2,1-5H3/b27-25+. The van der Waals surface area contributed by atoms with E-state index < -0.39 is 17.7 Å². The molecule has 4 rings (SSSR count). The Kier molecular flexibility index (Phi) is 7.32. The third kappa shape index (κ3) is 4.94. The zero-order valence-corrected chi connectivity index (χ0v) is 22.3. The highest BCUT2D eigenvalue weighted by Gasteiger charge is 2.48. The first kappa shape index (κ1) is 26.3. The van der Waals surface area contributed by atoms with E-state index in [0.717, 1.165) is 5.56 Å². The van der Waals surface area contributed by atoms with Crippen LogP contribution in [-0.2, 0) is 15.0 Å². The minimum atomic E-state index is -0.941. The molecule has 1 aliphatic rings. The van der Waals surface area contributed by atoms with E-state index in [1.807, 2.05) is 31.2 Å². The van der Waals surface area contributed by atoms with Crippen molar-refractivity contribution in [3.05, 3.63) is 94.0 Å². The minimum absolute atomic E-state index is 0.0788. The van der Waals surface area contributed by atoms with Gasteiger partial charge < -0.3 is 14.6 Å². The normalized spacial score (nSPS) is 17.2. The van der Waals surface area contributed by atoms with E-state index in [1.165, 1.54) is 12.0 Å². The fourth-order valence-electron chi connectivity index (χ4n) is 4.49. The molecule has 0 radical (unpaired) electrons. The van der Waals surface area contributed by atoms with Crippen molar-refractivity contribution in [2.45, 2.75) is 39.2 Å².